The van der Waals surface area contributed by atoms with E-state index in [2.05, 4.69) is 0 Å². The van der Waals surface area contributed by atoms with Crippen molar-refractivity contribution in [3.63, 3.8) is 0 Å². The lowest BCUT2D eigenvalue weighted by atomic mass is 10.0. The van der Waals surface area contributed by atoms with E-state index < -0.39 is 9.84 Å². The largest absolute Gasteiger partial charge is 0.396 e. The van der Waals surface area contributed by atoms with Crippen LogP contribution >= 0.6 is 0 Å². The number of allylic oxidation sites excluding steroid dienone is 2. The Morgan fingerprint density at radius 3 is 2.36 bits per heavy atom. The normalized spacial score (nSPS) is 15.8. The van der Waals surface area contributed by atoms with E-state index in [0.717, 1.165) is 33.4 Å². The number of hydrogen-bond acceptors (Lipinski definition) is 3. The molecule has 0 aliphatic heterocycles. The highest BCUT2D eigenvalue weighted by molar-refractivity contribution is 7.90. The fourth-order valence-corrected chi connectivity index (χ4v) is 3.80. The van der Waals surface area contributed by atoms with E-state index in [4.69, 9.17) is 0 Å². The van der Waals surface area contributed by atoms with Crippen LogP contribution in [0.1, 0.15) is 30.0 Å². The molecule has 130 valence electrons. The first-order chi connectivity index (χ1) is 11.8. The molecule has 0 saturated heterocycles. The molecule has 2 aromatic rings. The van der Waals surface area contributed by atoms with Crippen molar-refractivity contribution in [2.45, 2.75) is 18.2 Å². The summed E-state index contributed by atoms with van der Waals surface area (Å²) < 4.78 is 36.8. The maximum atomic E-state index is 13.7. The number of rotatable bonds is 4. The van der Waals surface area contributed by atoms with Gasteiger partial charge < -0.3 is 5.11 Å². The monoisotopic (exact) mass is 358 g/mol. The molecule has 1 aliphatic carbocycles. The van der Waals surface area contributed by atoms with Crippen molar-refractivity contribution in [1.82, 2.24) is 0 Å². The van der Waals surface area contributed by atoms with Gasteiger partial charge in [0.2, 0.25) is 0 Å². The highest BCUT2D eigenvalue weighted by Crippen LogP contribution is 2.43. The van der Waals surface area contributed by atoms with Gasteiger partial charge in [-0.25, -0.2) is 12.8 Å². The van der Waals surface area contributed by atoms with Gasteiger partial charge in [-0.3, -0.25) is 0 Å². The second-order valence-electron chi connectivity index (χ2n) is 6.17. The minimum Gasteiger partial charge on any atom is -0.396 e. The topological polar surface area (TPSA) is 54.4 Å². The lowest BCUT2D eigenvalue weighted by Crippen LogP contribution is -1.96. The van der Waals surface area contributed by atoms with Gasteiger partial charge in [0.25, 0.3) is 0 Å². The molecule has 0 saturated carbocycles. The van der Waals surface area contributed by atoms with Crippen LogP contribution in [0.25, 0.3) is 17.2 Å². The molecule has 0 bridgehead atoms. The van der Waals surface area contributed by atoms with Crippen LogP contribution in [-0.4, -0.2) is 26.4 Å². The average molecular weight is 358 g/mol. The number of hydrogen-bond donors (Lipinski definition) is 1. The molecule has 0 heterocycles. The third-order valence-corrected chi connectivity index (χ3v) is 5.56. The summed E-state index contributed by atoms with van der Waals surface area (Å²) in [6.07, 6.45) is 3.60. The predicted octanol–water partition coefficient (Wildman–Crippen LogP) is 3.94. The summed E-state index contributed by atoms with van der Waals surface area (Å²) in [6.45, 7) is 1.96. The smallest absolute Gasteiger partial charge is 0.175 e. The van der Waals surface area contributed by atoms with Crippen molar-refractivity contribution in [3.05, 3.63) is 70.5 Å². The first-order valence-electron chi connectivity index (χ1n) is 7.94. The number of halogens is 1. The standard InChI is InChI=1S/C20H19FO3S/c1-13-17(9-10-22)20-12-15(21)5-8-18(20)19(13)11-14-3-6-16(7-4-14)25(2,23)24/h3-8,11-12,22H,9-10H2,1-2H3. The number of aliphatic hydroxyl groups excluding tert-OH is 1. The van der Waals surface area contributed by atoms with E-state index in [9.17, 15) is 17.9 Å². The number of benzene rings is 2. The van der Waals surface area contributed by atoms with Crippen LogP contribution < -0.4 is 0 Å². The summed E-state index contributed by atoms with van der Waals surface area (Å²) in [4.78, 5) is 0.275. The van der Waals surface area contributed by atoms with Gasteiger partial charge in [-0.1, -0.05) is 18.2 Å². The van der Waals surface area contributed by atoms with E-state index in [1.54, 1.807) is 30.3 Å². The molecule has 0 aromatic heterocycles. The number of sulfone groups is 1. The summed E-state index contributed by atoms with van der Waals surface area (Å²) in [6, 6.07) is 11.3. The Balaban J connectivity index is 2.09. The first kappa shape index (κ1) is 17.6. The summed E-state index contributed by atoms with van der Waals surface area (Å²) in [5.74, 6) is -0.305. The van der Waals surface area contributed by atoms with E-state index in [1.807, 2.05) is 13.0 Å². The van der Waals surface area contributed by atoms with Crippen LogP contribution in [-0.2, 0) is 9.84 Å². The third kappa shape index (κ3) is 3.43. The molecule has 1 aliphatic rings. The molecule has 3 nitrogen and oxygen atoms in total. The molecule has 5 heteroatoms. The Kier molecular flexibility index (Phi) is 4.62. The minimum atomic E-state index is -3.23. The molecule has 0 spiro atoms. The van der Waals surface area contributed by atoms with Crippen molar-refractivity contribution < 1.29 is 17.9 Å². The van der Waals surface area contributed by atoms with E-state index in [0.29, 0.717) is 6.42 Å². The highest BCUT2D eigenvalue weighted by atomic mass is 32.2. The Labute approximate surface area is 147 Å². The average Bonchev–Trinajstić information content (AvgIpc) is 2.80. The van der Waals surface area contributed by atoms with Gasteiger partial charge in [-0.15, -0.1) is 0 Å². The molecule has 3 rings (SSSR count). The van der Waals surface area contributed by atoms with Crippen molar-refractivity contribution in [1.29, 1.82) is 0 Å². The van der Waals surface area contributed by atoms with Gasteiger partial charge in [0.1, 0.15) is 5.82 Å². The molecule has 25 heavy (non-hydrogen) atoms. The molecular weight excluding hydrogens is 339 g/mol. The van der Waals surface area contributed by atoms with Gasteiger partial charge in [-0.05, 0) is 77.1 Å². The third-order valence-electron chi connectivity index (χ3n) is 4.43. The second kappa shape index (κ2) is 6.58. The van der Waals surface area contributed by atoms with Crippen LogP contribution in [0.3, 0.4) is 0 Å². The summed E-state index contributed by atoms with van der Waals surface area (Å²) in [7, 11) is -3.23. The van der Waals surface area contributed by atoms with Gasteiger partial charge in [0.05, 0.1) is 4.90 Å². The van der Waals surface area contributed by atoms with E-state index >= 15 is 0 Å². The first-order valence-corrected chi connectivity index (χ1v) is 9.83. The minimum absolute atomic E-state index is 0.00103. The molecule has 0 unspecified atom stereocenters. The Hall–Kier alpha value is -2.24. The Bertz CT molecular complexity index is 984. The number of fused-ring (bicyclic) bond motifs is 1. The predicted molar refractivity (Wildman–Crippen MR) is 98.1 cm³/mol. The molecule has 0 radical (unpaired) electrons. The van der Waals surface area contributed by atoms with Crippen LogP contribution in [0.5, 0.6) is 0 Å². The molecule has 0 atom stereocenters. The Morgan fingerprint density at radius 2 is 1.76 bits per heavy atom. The van der Waals surface area contributed by atoms with Crippen molar-refractivity contribution in [2.75, 3.05) is 12.9 Å². The van der Waals surface area contributed by atoms with Crippen molar-refractivity contribution in [3.8, 4) is 0 Å². The summed E-state index contributed by atoms with van der Waals surface area (Å²) in [5, 5.41) is 9.32. The Morgan fingerprint density at radius 1 is 1.08 bits per heavy atom. The maximum absolute atomic E-state index is 13.7. The quantitative estimate of drug-likeness (QED) is 0.901. The van der Waals surface area contributed by atoms with E-state index in [1.165, 1.54) is 18.4 Å². The van der Waals surface area contributed by atoms with Gasteiger partial charge in [-0.2, -0.15) is 0 Å². The number of aliphatic hydroxyl groups is 1. The molecular formula is C20H19FO3S. The highest BCUT2D eigenvalue weighted by Gasteiger charge is 2.23. The molecule has 0 fully saturated rings. The van der Waals surface area contributed by atoms with Gasteiger partial charge in [0.15, 0.2) is 9.84 Å². The van der Waals surface area contributed by atoms with Crippen molar-refractivity contribution in [2.24, 2.45) is 0 Å². The second-order valence-corrected chi connectivity index (χ2v) is 8.18. The fraction of sp³-hybridized carbons (Fsp3) is 0.200. The van der Waals surface area contributed by atoms with Crippen molar-refractivity contribution >= 4 is 27.1 Å². The molecule has 0 amide bonds. The summed E-state index contributed by atoms with van der Waals surface area (Å²) >= 11 is 0. The zero-order valence-corrected chi connectivity index (χ0v) is 14.9. The summed E-state index contributed by atoms with van der Waals surface area (Å²) in [5.41, 5.74) is 5.51. The zero-order chi connectivity index (χ0) is 18.2. The molecule has 1 N–H and O–H groups in total. The van der Waals surface area contributed by atoms with E-state index in [-0.39, 0.29) is 17.3 Å². The SMILES string of the molecule is CC1=C(CCO)c2cc(F)ccc2C1=Cc1ccc(S(C)(=O)=O)cc1. The van der Waals surface area contributed by atoms with Crippen LogP contribution in [0.4, 0.5) is 4.39 Å². The van der Waals surface area contributed by atoms with Crippen LogP contribution in [0, 0.1) is 5.82 Å². The van der Waals surface area contributed by atoms with Crippen LogP contribution in [0.2, 0.25) is 0 Å². The van der Waals surface area contributed by atoms with Crippen LogP contribution in [0.15, 0.2) is 52.9 Å². The fourth-order valence-electron chi connectivity index (χ4n) is 3.17. The maximum Gasteiger partial charge on any atom is 0.175 e. The van der Waals surface area contributed by atoms with Gasteiger partial charge >= 0.3 is 0 Å². The lowest BCUT2D eigenvalue weighted by Gasteiger charge is -2.05. The van der Waals surface area contributed by atoms with Gasteiger partial charge in [0, 0.05) is 12.9 Å². The lowest BCUT2D eigenvalue weighted by molar-refractivity contribution is 0.305. The zero-order valence-electron chi connectivity index (χ0n) is 14.1. The molecule has 2 aromatic carbocycles.